The summed E-state index contributed by atoms with van der Waals surface area (Å²) in [5, 5.41) is 11.9. The fourth-order valence-corrected chi connectivity index (χ4v) is 2.22. The second-order valence-corrected chi connectivity index (χ2v) is 5.29. The van der Waals surface area contributed by atoms with Crippen LogP contribution in [-0.2, 0) is 4.74 Å². The molecule has 1 atom stereocenters. The van der Waals surface area contributed by atoms with Gasteiger partial charge in [0.1, 0.15) is 11.8 Å². The van der Waals surface area contributed by atoms with Gasteiger partial charge in [0, 0.05) is 18.8 Å². The highest BCUT2D eigenvalue weighted by Crippen LogP contribution is 2.22. The van der Waals surface area contributed by atoms with E-state index in [1.807, 2.05) is 6.07 Å². The van der Waals surface area contributed by atoms with Crippen molar-refractivity contribution in [3.8, 4) is 11.8 Å². The van der Waals surface area contributed by atoms with Crippen LogP contribution in [0.5, 0.6) is 5.75 Å². The van der Waals surface area contributed by atoms with Gasteiger partial charge in [-0.15, -0.1) is 0 Å². The van der Waals surface area contributed by atoms with E-state index in [0.717, 1.165) is 0 Å². The third-order valence-electron chi connectivity index (χ3n) is 3.47. The molecule has 2 aromatic carbocycles. The first kappa shape index (κ1) is 18.8. The number of ether oxygens (including phenoxy) is 2. The molecular formula is C19H19N3O4. The van der Waals surface area contributed by atoms with Crippen molar-refractivity contribution < 1.29 is 19.1 Å². The molecule has 1 unspecified atom stereocenters. The van der Waals surface area contributed by atoms with Crippen molar-refractivity contribution in [3.63, 3.8) is 0 Å². The number of carbonyl (C=O) groups excluding carboxylic acids is 2. The Hall–Kier alpha value is -3.53. The monoisotopic (exact) mass is 353 g/mol. The predicted octanol–water partition coefficient (Wildman–Crippen LogP) is 3.95. The van der Waals surface area contributed by atoms with E-state index in [1.54, 1.807) is 49.4 Å². The molecule has 0 bridgehead atoms. The van der Waals surface area contributed by atoms with Crippen LogP contribution in [0, 0.1) is 11.3 Å². The van der Waals surface area contributed by atoms with Gasteiger partial charge in [0.15, 0.2) is 0 Å². The van der Waals surface area contributed by atoms with Crippen molar-refractivity contribution in [3.05, 3.63) is 60.2 Å². The Morgan fingerprint density at radius 3 is 2.58 bits per heavy atom. The molecule has 0 spiro atoms. The second-order valence-electron chi connectivity index (χ2n) is 5.29. The summed E-state index contributed by atoms with van der Waals surface area (Å²) < 4.78 is 10.1. The summed E-state index contributed by atoms with van der Waals surface area (Å²) in [6.07, 6.45) is -1.28. The van der Waals surface area contributed by atoms with E-state index >= 15 is 0 Å². The van der Waals surface area contributed by atoms with Crippen LogP contribution in [0.1, 0.15) is 18.5 Å². The first-order valence-electron chi connectivity index (χ1n) is 7.98. The molecule has 0 aliphatic heterocycles. The van der Waals surface area contributed by atoms with Gasteiger partial charge in [-0.05, 0) is 24.6 Å². The van der Waals surface area contributed by atoms with Crippen LogP contribution in [0.25, 0.3) is 0 Å². The van der Waals surface area contributed by atoms with E-state index in [4.69, 9.17) is 9.47 Å². The third-order valence-corrected chi connectivity index (χ3v) is 3.47. The van der Waals surface area contributed by atoms with Crippen LogP contribution in [0.15, 0.2) is 54.6 Å². The number of hydrogen-bond donors (Lipinski definition) is 1. The largest absolute Gasteiger partial charge is 0.450 e. The lowest BCUT2D eigenvalue weighted by Gasteiger charge is -2.22. The summed E-state index contributed by atoms with van der Waals surface area (Å²) in [4.78, 5) is 25.0. The highest BCUT2D eigenvalue weighted by atomic mass is 16.6. The molecule has 0 heterocycles. The molecule has 0 aliphatic rings. The molecule has 0 fully saturated rings. The molecule has 2 amide bonds. The summed E-state index contributed by atoms with van der Waals surface area (Å²) in [5.74, 6) is 0.237. The van der Waals surface area contributed by atoms with Crippen LogP contribution >= 0.6 is 0 Å². The first-order chi connectivity index (χ1) is 12.5. The minimum atomic E-state index is -0.774. The Kier molecular flexibility index (Phi) is 6.57. The molecule has 7 nitrogen and oxygen atoms in total. The van der Waals surface area contributed by atoms with Crippen LogP contribution < -0.4 is 10.1 Å². The standard InChI is InChI=1S/C19H19N3O4/c1-3-25-18(23)21-15-10-7-11-16(12-15)26-19(24)22(2)17(13-20)14-8-5-4-6-9-14/h4-12,17H,3H2,1-2H3,(H,21,23). The number of benzene rings is 2. The molecule has 1 N–H and O–H groups in total. The van der Waals surface area contributed by atoms with Gasteiger partial charge in [0.25, 0.3) is 0 Å². The molecule has 2 aromatic rings. The summed E-state index contributed by atoms with van der Waals surface area (Å²) in [6, 6.07) is 16.6. The van der Waals surface area contributed by atoms with E-state index < -0.39 is 18.2 Å². The zero-order valence-electron chi connectivity index (χ0n) is 14.5. The summed E-state index contributed by atoms with van der Waals surface area (Å²) >= 11 is 0. The first-order valence-corrected chi connectivity index (χ1v) is 7.98. The van der Waals surface area contributed by atoms with Crippen LogP contribution in [0.3, 0.4) is 0 Å². The minimum absolute atomic E-state index is 0.237. The maximum atomic E-state index is 12.4. The molecule has 0 saturated heterocycles. The topological polar surface area (TPSA) is 91.7 Å². The van der Waals surface area contributed by atoms with Gasteiger partial charge < -0.3 is 9.47 Å². The summed E-state index contributed by atoms with van der Waals surface area (Å²) in [7, 11) is 1.49. The molecule has 134 valence electrons. The average Bonchev–Trinajstić information content (AvgIpc) is 2.63. The van der Waals surface area contributed by atoms with Crippen molar-refractivity contribution >= 4 is 17.9 Å². The number of nitriles is 1. The SMILES string of the molecule is CCOC(=O)Nc1cccc(OC(=O)N(C)C(C#N)c2ccccc2)c1. The van der Waals surface area contributed by atoms with Gasteiger partial charge in [0.05, 0.1) is 12.7 Å². The Morgan fingerprint density at radius 1 is 1.19 bits per heavy atom. The highest BCUT2D eigenvalue weighted by molar-refractivity contribution is 5.85. The lowest BCUT2D eigenvalue weighted by Crippen LogP contribution is -2.33. The summed E-state index contributed by atoms with van der Waals surface area (Å²) in [6.45, 7) is 1.95. The Balaban J connectivity index is 2.07. The number of carbonyl (C=O) groups is 2. The minimum Gasteiger partial charge on any atom is -0.450 e. The lowest BCUT2D eigenvalue weighted by atomic mass is 10.1. The van der Waals surface area contributed by atoms with Crippen molar-refractivity contribution in [1.29, 1.82) is 5.26 Å². The molecular weight excluding hydrogens is 334 g/mol. The zero-order chi connectivity index (χ0) is 18.9. The van der Waals surface area contributed by atoms with Crippen LogP contribution in [-0.4, -0.2) is 30.7 Å². The number of nitrogens with zero attached hydrogens (tertiary/aromatic N) is 2. The molecule has 26 heavy (non-hydrogen) atoms. The normalized spacial score (nSPS) is 11.0. The van der Waals surface area contributed by atoms with Crippen molar-refractivity contribution in [2.75, 3.05) is 19.0 Å². The molecule has 7 heteroatoms. The second kappa shape index (κ2) is 9.08. The quantitative estimate of drug-likeness (QED) is 0.879. The van der Waals surface area contributed by atoms with Crippen molar-refractivity contribution in [2.24, 2.45) is 0 Å². The van der Waals surface area contributed by atoms with E-state index in [9.17, 15) is 14.9 Å². The van der Waals surface area contributed by atoms with E-state index in [0.29, 0.717) is 11.3 Å². The van der Waals surface area contributed by atoms with Gasteiger partial charge in [-0.3, -0.25) is 10.2 Å². The van der Waals surface area contributed by atoms with Gasteiger partial charge in [0.2, 0.25) is 0 Å². The smallest absolute Gasteiger partial charge is 0.416 e. The lowest BCUT2D eigenvalue weighted by molar-refractivity contribution is 0.155. The predicted molar refractivity (Wildman–Crippen MR) is 95.7 cm³/mol. The number of nitrogens with one attached hydrogen (secondary N) is 1. The van der Waals surface area contributed by atoms with Crippen molar-refractivity contribution in [1.82, 2.24) is 4.90 Å². The van der Waals surface area contributed by atoms with Gasteiger partial charge >= 0.3 is 12.2 Å². The number of amides is 2. The average molecular weight is 353 g/mol. The number of hydrogen-bond acceptors (Lipinski definition) is 5. The van der Waals surface area contributed by atoms with Crippen LogP contribution in [0.2, 0.25) is 0 Å². The highest BCUT2D eigenvalue weighted by Gasteiger charge is 2.23. The van der Waals surface area contributed by atoms with E-state index in [-0.39, 0.29) is 12.4 Å². The molecule has 0 aromatic heterocycles. The van der Waals surface area contributed by atoms with Gasteiger partial charge in [-0.2, -0.15) is 5.26 Å². The Morgan fingerprint density at radius 2 is 1.92 bits per heavy atom. The maximum absolute atomic E-state index is 12.4. The van der Waals surface area contributed by atoms with E-state index in [2.05, 4.69) is 11.4 Å². The molecule has 0 saturated carbocycles. The zero-order valence-corrected chi connectivity index (χ0v) is 14.5. The Labute approximate surface area is 151 Å². The van der Waals surface area contributed by atoms with Crippen molar-refractivity contribution in [2.45, 2.75) is 13.0 Å². The fraction of sp³-hybridized carbons (Fsp3) is 0.211. The molecule has 0 aliphatic carbocycles. The van der Waals surface area contributed by atoms with E-state index in [1.165, 1.54) is 18.0 Å². The van der Waals surface area contributed by atoms with Crippen LogP contribution in [0.4, 0.5) is 15.3 Å². The molecule has 2 rings (SSSR count). The third kappa shape index (κ3) is 4.98. The maximum Gasteiger partial charge on any atom is 0.416 e. The Bertz CT molecular complexity index is 802. The molecule has 0 radical (unpaired) electrons. The number of anilines is 1. The summed E-state index contributed by atoms with van der Waals surface area (Å²) in [5.41, 5.74) is 1.11. The van der Waals surface area contributed by atoms with Gasteiger partial charge in [-0.1, -0.05) is 36.4 Å². The van der Waals surface area contributed by atoms with Gasteiger partial charge in [-0.25, -0.2) is 9.59 Å². The number of rotatable bonds is 5. The fourth-order valence-electron chi connectivity index (χ4n) is 2.22.